The molecule has 1 heterocycles. The van der Waals surface area contributed by atoms with Crippen molar-refractivity contribution < 1.29 is 18.7 Å². The first kappa shape index (κ1) is 19.6. The monoisotopic (exact) mass is 355 g/mol. The zero-order chi connectivity index (χ0) is 18.5. The number of nitrogens with zero attached hydrogens (tertiary/aromatic N) is 1. The molecule has 2 aliphatic rings. The molecule has 0 spiro atoms. The van der Waals surface area contributed by atoms with Gasteiger partial charge in [0, 0.05) is 32.3 Å². The average Bonchev–Trinajstić information content (AvgIpc) is 2.68. The van der Waals surface area contributed by atoms with E-state index >= 15 is 0 Å². The number of rotatable bonds is 3. The summed E-state index contributed by atoms with van der Waals surface area (Å²) < 4.78 is 18.8. The third-order valence-electron chi connectivity index (χ3n) is 5.16. The summed E-state index contributed by atoms with van der Waals surface area (Å²) in [6.07, 6.45) is 1.36. The second kappa shape index (κ2) is 6.23. The Bertz CT molecular complexity index is 534. The molecule has 2 rings (SSSR count). The third-order valence-corrected chi connectivity index (χ3v) is 9.66. The molecule has 0 aromatic carbocycles. The summed E-state index contributed by atoms with van der Waals surface area (Å²) >= 11 is 0. The molecule has 0 amide bonds. The highest BCUT2D eigenvalue weighted by atomic mass is 28.4. The van der Waals surface area contributed by atoms with E-state index in [0.29, 0.717) is 12.0 Å². The second-order valence-electron chi connectivity index (χ2n) is 9.11. The lowest BCUT2D eigenvalue weighted by Gasteiger charge is -2.42. The van der Waals surface area contributed by atoms with E-state index in [1.165, 1.54) is 0 Å². The number of ether oxygens (including phenoxy) is 2. The number of carbonyl (C=O) groups excluding carboxylic acids is 1. The Morgan fingerprint density at radius 1 is 1.25 bits per heavy atom. The number of ketones is 1. The number of hydrogen-bond acceptors (Lipinski definition) is 5. The van der Waals surface area contributed by atoms with Gasteiger partial charge in [-0.3, -0.25) is 4.79 Å². The van der Waals surface area contributed by atoms with Crippen LogP contribution in [0.25, 0.3) is 0 Å². The summed E-state index contributed by atoms with van der Waals surface area (Å²) in [6.45, 7) is 14.8. The molecule has 0 N–H and O–H groups in total. The second-order valence-corrected chi connectivity index (χ2v) is 13.9. The molecule has 0 aromatic heterocycles. The van der Waals surface area contributed by atoms with Gasteiger partial charge in [0.05, 0.1) is 6.10 Å². The summed E-state index contributed by atoms with van der Waals surface area (Å²) in [4.78, 5) is 14.6. The lowest BCUT2D eigenvalue weighted by atomic mass is 9.87. The van der Waals surface area contributed by atoms with Crippen LogP contribution in [0.3, 0.4) is 0 Å². The quantitative estimate of drug-likeness (QED) is 0.574. The predicted octanol–water partition coefficient (Wildman–Crippen LogP) is 3.32. The van der Waals surface area contributed by atoms with Crippen molar-refractivity contribution >= 4 is 14.1 Å². The van der Waals surface area contributed by atoms with Crippen molar-refractivity contribution in [3.8, 4) is 0 Å². The normalized spacial score (nSPS) is 32.1. The standard InChI is InChI=1S/C18H33NO4Si/c1-17(2,3)24(8,9)23-14-10-13(20)12(11-19(6)7)15-16(14)22-18(4,5)21-15/h11,14-16H,10H2,1-9H3/t14-,15-,16+/m1/s1. The van der Waals surface area contributed by atoms with E-state index < -0.39 is 14.1 Å². The summed E-state index contributed by atoms with van der Waals surface area (Å²) in [5, 5.41) is 0.0836. The van der Waals surface area contributed by atoms with Gasteiger partial charge in [-0.15, -0.1) is 0 Å². The lowest BCUT2D eigenvalue weighted by molar-refractivity contribution is -0.151. The van der Waals surface area contributed by atoms with Crippen molar-refractivity contribution in [3.05, 3.63) is 11.8 Å². The Morgan fingerprint density at radius 2 is 1.83 bits per heavy atom. The van der Waals surface area contributed by atoms with E-state index in [0.717, 1.165) is 0 Å². The zero-order valence-electron chi connectivity index (χ0n) is 16.6. The Hall–Kier alpha value is -0.693. The van der Waals surface area contributed by atoms with Crippen molar-refractivity contribution in [1.82, 2.24) is 4.90 Å². The minimum Gasteiger partial charge on any atom is -0.411 e. The van der Waals surface area contributed by atoms with Gasteiger partial charge in [-0.2, -0.15) is 0 Å². The Kier molecular flexibility index (Phi) is 5.10. The van der Waals surface area contributed by atoms with Crippen LogP contribution in [0.4, 0.5) is 0 Å². The summed E-state index contributed by atoms with van der Waals surface area (Å²) in [5.41, 5.74) is 0.686. The molecule has 2 fully saturated rings. The van der Waals surface area contributed by atoms with Crippen molar-refractivity contribution in [1.29, 1.82) is 0 Å². The largest absolute Gasteiger partial charge is 0.411 e. The molecule has 0 unspecified atom stereocenters. The van der Waals surface area contributed by atoms with Crippen molar-refractivity contribution in [3.63, 3.8) is 0 Å². The first-order chi connectivity index (χ1) is 10.7. The number of hydrogen-bond donors (Lipinski definition) is 0. The highest BCUT2D eigenvalue weighted by Gasteiger charge is 2.54. The van der Waals surface area contributed by atoms with Gasteiger partial charge in [0.1, 0.15) is 12.2 Å². The van der Waals surface area contributed by atoms with E-state index in [4.69, 9.17) is 13.9 Å². The first-order valence-corrected chi connectivity index (χ1v) is 11.6. The highest BCUT2D eigenvalue weighted by molar-refractivity contribution is 6.74. The molecule has 6 heteroatoms. The summed E-state index contributed by atoms with van der Waals surface area (Å²) in [6, 6.07) is 0. The maximum atomic E-state index is 12.7. The molecule has 5 nitrogen and oxygen atoms in total. The number of fused-ring (bicyclic) bond motifs is 1. The Morgan fingerprint density at radius 3 is 2.33 bits per heavy atom. The summed E-state index contributed by atoms with van der Waals surface area (Å²) in [5.74, 6) is -0.615. The van der Waals surface area contributed by atoms with Crippen LogP contribution in [0.1, 0.15) is 41.0 Å². The molecule has 0 radical (unpaired) electrons. The molecule has 138 valence electrons. The predicted molar refractivity (Wildman–Crippen MR) is 97.3 cm³/mol. The Labute approximate surface area is 147 Å². The van der Waals surface area contributed by atoms with E-state index in [2.05, 4.69) is 33.9 Å². The van der Waals surface area contributed by atoms with Crippen molar-refractivity contribution in [2.45, 2.75) is 83.3 Å². The SMILES string of the molecule is CN(C)C=C1C(=O)C[C@@H](O[Si](C)(C)C(C)(C)C)[C@@H]2OC(C)(C)O[C@H]12. The number of carbonyl (C=O) groups is 1. The fourth-order valence-corrected chi connectivity index (χ4v) is 4.29. The fraction of sp³-hybridized carbons (Fsp3) is 0.833. The minimum atomic E-state index is -2.00. The van der Waals surface area contributed by atoms with E-state index in [-0.39, 0.29) is 29.1 Å². The molecule has 0 bridgehead atoms. The minimum absolute atomic E-state index is 0.0836. The van der Waals surface area contributed by atoms with Gasteiger partial charge in [0.2, 0.25) is 0 Å². The van der Waals surface area contributed by atoms with E-state index in [1.807, 2.05) is 39.0 Å². The molecule has 3 atom stereocenters. The zero-order valence-corrected chi connectivity index (χ0v) is 17.6. The van der Waals surface area contributed by atoms with Crippen LogP contribution in [-0.4, -0.2) is 57.2 Å². The van der Waals surface area contributed by atoms with Crippen LogP contribution in [0.2, 0.25) is 18.1 Å². The topological polar surface area (TPSA) is 48.0 Å². The first-order valence-electron chi connectivity index (χ1n) is 8.68. The Balaban J connectivity index is 2.32. The molecular weight excluding hydrogens is 322 g/mol. The van der Waals surface area contributed by atoms with Crippen LogP contribution in [0, 0.1) is 0 Å². The molecule has 1 aliphatic heterocycles. The fourth-order valence-electron chi connectivity index (χ4n) is 2.96. The van der Waals surface area contributed by atoms with Crippen molar-refractivity contribution in [2.24, 2.45) is 0 Å². The van der Waals surface area contributed by atoms with Gasteiger partial charge in [0.15, 0.2) is 19.9 Å². The van der Waals surface area contributed by atoms with Crippen molar-refractivity contribution in [2.75, 3.05) is 14.1 Å². The van der Waals surface area contributed by atoms with Gasteiger partial charge < -0.3 is 18.8 Å². The van der Waals surface area contributed by atoms with Gasteiger partial charge in [0.25, 0.3) is 0 Å². The molecule has 1 saturated carbocycles. The smallest absolute Gasteiger partial charge is 0.192 e. The van der Waals surface area contributed by atoms with Crippen LogP contribution >= 0.6 is 0 Å². The maximum absolute atomic E-state index is 12.7. The molecule has 1 saturated heterocycles. The highest BCUT2D eigenvalue weighted by Crippen LogP contribution is 2.43. The van der Waals surface area contributed by atoms with Crippen LogP contribution in [0.5, 0.6) is 0 Å². The molecule has 24 heavy (non-hydrogen) atoms. The van der Waals surface area contributed by atoms with Crippen LogP contribution in [0.15, 0.2) is 11.8 Å². The van der Waals surface area contributed by atoms with Gasteiger partial charge in [-0.1, -0.05) is 20.8 Å². The van der Waals surface area contributed by atoms with Crippen LogP contribution in [-0.2, 0) is 18.7 Å². The van der Waals surface area contributed by atoms with Gasteiger partial charge >= 0.3 is 0 Å². The lowest BCUT2D eigenvalue weighted by Crippen LogP contribution is -2.53. The molecular formula is C18H33NO4Si. The maximum Gasteiger partial charge on any atom is 0.192 e. The average molecular weight is 356 g/mol. The van der Waals surface area contributed by atoms with E-state index in [9.17, 15) is 4.79 Å². The van der Waals surface area contributed by atoms with E-state index in [1.54, 1.807) is 0 Å². The third kappa shape index (κ3) is 3.93. The molecule has 1 aliphatic carbocycles. The van der Waals surface area contributed by atoms with Gasteiger partial charge in [-0.25, -0.2) is 0 Å². The van der Waals surface area contributed by atoms with Gasteiger partial charge in [-0.05, 0) is 32.0 Å². The molecule has 0 aromatic rings. The summed E-state index contributed by atoms with van der Waals surface area (Å²) in [7, 11) is 1.82. The number of Topliss-reactive ketones (excluding diaryl/α,β-unsaturated/α-hetero) is 1. The van der Waals surface area contributed by atoms with Crippen LogP contribution < -0.4 is 0 Å².